The third-order valence-electron chi connectivity index (χ3n) is 9.29. The molecule has 4 aliphatic rings. The highest BCUT2D eigenvalue weighted by molar-refractivity contribution is 5.91. The van der Waals surface area contributed by atoms with E-state index in [9.17, 15) is 14.0 Å². The van der Waals surface area contributed by atoms with E-state index < -0.39 is 5.60 Å². The van der Waals surface area contributed by atoms with Gasteiger partial charge in [-0.3, -0.25) is 4.90 Å². The van der Waals surface area contributed by atoms with Gasteiger partial charge in [0, 0.05) is 30.1 Å². The van der Waals surface area contributed by atoms with Crippen LogP contribution in [0.5, 0.6) is 0 Å². The van der Waals surface area contributed by atoms with Crippen molar-refractivity contribution in [2.24, 2.45) is 0 Å². The zero-order valence-electron chi connectivity index (χ0n) is 23.8. The van der Waals surface area contributed by atoms with Crippen molar-refractivity contribution in [3.63, 3.8) is 0 Å². The fraction of sp³-hybridized carbons (Fsp3) is 0.562. The number of carbonyl (C=O) groups is 2. The fourth-order valence-electron chi connectivity index (χ4n) is 7.40. The first-order valence-electron chi connectivity index (χ1n) is 14.7. The number of piperidine rings is 2. The number of benzene rings is 2. The van der Waals surface area contributed by atoms with E-state index in [1.165, 1.54) is 6.07 Å². The van der Waals surface area contributed by atoms with E-state index in [4.69, 9.17) is 9.47 Å². The molecule has 2 unspecified atom stereocenters. The van der Waals surface area contributed by atoms with E-state index in [1.807, 2.05) is 56.0 Å². The van der Waals surface area contributed by atoms with E-state index >= 15 is 0 Å². The number of anilines is 1. The Balaban J connectivity index is 1.10. The van der Waals surface area contributed by atoms with E-state index in [2.05, 4.69) is 4.90 Å². The van der Waals surface area contributed by atoms with E-state index in [1.54, 1.807) is 17.0 Å². The molecule has 2 aromatic rings. The van der Waals surface area contributed by atoms with Gasteiger partial charge in [0.05, 0.1) is 5.69 Å². The van der Waals surface area contributed by atoms with Gasteiger partial charge >= 0.3 is 12.2 Å². The van der Waals surface area contributed by atoms with Crippen LogP contribution in [0.4, 0.5) is 19.7 Å². The molecule has 3 saturated heterocycles. The van der Waals surface area contributed by atoms with Gasteiger partial charge in [-0.1, -0.05) is 30.3 Å². The molecule has 3 fully saturated rings. The summed E-state index contributed by atoms with van der Waals surface area (Å²) in [6, 6.07) is 15.4. The third kappa shape index (κ3) is 5.18. The molecule has 4 heterocycles. The quantitative estimate of drug-likeness (QED) is 0.453. The Hall–Kier alpha value is -3.13. The Kier molecular flexibility index (Phi) is 7.01. The van der Waals surface area contributed by atoms with E-state index in [-0.39, 0.29) is 35.5 Å². The minimum absolute atomic E-state index is 0.195. The molecule has 0 N–H and O–H groups in total. The first-order chi connectivity index (χ1) is 19.1. The molecule has 2 aromatic carbocycles. The Labute approximate surface area is 236 Å². The molecule has 1 spiro atoms. The van der Waals surface area contributed by atoms with Crippen LogP contribution in [-0.4, -0.2) is 65.3 Å². The molecule has 2 atom stereocenters. The minimum Gasteiger partial charge on any atom is -0.445 e. The summed E-state index contributed by atoms with van der Waals surface area (Å²) < 4.78 is 25.8. The monoisotopic (exact) mass is 549 g/mol. The molecule has 0 radical (unpaired) electrons. The lowest BCUT2D eigenvalue weighted by Crippen LogP contribution is -2.55. The minimum atomic E-state index is -0.599. The van der Waals surface area contributed by atoms with E-state index in [0.29, 0.717) is 19.2 Å². The molecule has 214 valence electrons. The fourth-order valence-corrected chi connectivity index (χ4v) is 7.40. The van der Waals surface area contributed by atoms with Crippen molar-refractivity contribution in [3.05, 3.63) is 65.5 Å². The lowest BCUT2D eigenvalue weighted by Gasteiger charge is -2.47. The average molecular weight is 550 g/mol. The second-order valence-electron chi connectivity index (χ2n) is 13.0. The molecule has 4 aliphatic heterocycles. The smallest absolute Gasteiger partial charge is 0.414 e. The number of halogens is 1. The number of likely N-dealkylation sites (tertiary alicyclic amines) is 1. The lowest BCUT2D eigenvalue weighted by molar-refractivity contribution is 0.0238. The third-order valence-corrected chi connectivity index (χ3v) is 9.29. The van der Waals surface area contributed by atoms with Gasteiger partial charge in [-0.25, -0.2) is 14.0 Å². The van der Waals surface area contributed by atoms with Crippen molar-refractivity contribution in [1.29, 1.82) is 0 Å². The zero-order chi connectivity index (χ0) is 28.1. The van der Waals surface area contributed by atoms with Crippen molar-refractivity contribution < 1.29 is 23.5 Å². The molecule has 0 aromatic heterocycles. The van der Waals surface area contributed by atoms with Crippen LogP contribution in [0.15, 0.2) is 48.5 Å². The molecule has 7 nitrogen and oxygen atoms in total. The number of hydrogen-bond acceptors (Lipinski definition) is 5. The van der Waals surface area contributed by atoms with Crippen LogP contribution in [-0.2, 0) is 21.5 Å². The number of fused-ring (bicyclic) bond motifs is 4. The van der Waals surface area contributed by atoms with Crippen LogP contribution in [0.3, 0.4) is 0 Å². The summed E-state index contributed by atoms with van der Waals surface area (Å²) in [4.78, 5) is 32.4. The standard InChI is InChI=1S/C32H40FN3O4/c1-31(2,3)40-29(37)35-21-32(27-17-23(33)9-12-28(27)35)13-15-34(16-14-32)26-18-24-10-11-25(19-26)36(24)30(38)39-20-22-7-5-4-6-8-22/h4-9,12,17,24-26H,10-11,13-16,18-21H2,1-3H3. The van der Waals surface area contributed by atoms with Crippen LogP contribution in [0.1, 0.15) is 70.4 Å². The highest BCUT2D eigenvalue weighted by Gasteiger charge is 2.50. The van der Waals surface area contributed by atoms with E-state index in [0.717, 1.165) is 68.4 Å². The first kappa shape index (κ1) is 27.1. The van der Waals surface area contributed by atoms with Crippen molar-refractivity contribution >= 4 is 17.9 Å². The summed E-state index contributed by atoms with van der Waals surface area (Å²) >= 11 is 0. The summed E-state index contributed by atoms with van der Waals surface area (Å²) in [7, 11) is 0. The summed E-state index contributed by atoms with van der Waals surface area (Å²) in [5.74, 6) is -0.269. The highest BCUT2D eigenvalue weighted by atomic mass is 19.1. The second-order valence-corrected chi connectivity index (χ2v) is 13.0. The number of amides is 2. The predicted molar refractivity (Wildman–Crippen MR) is 151 cm³/mol. The lowest BCUT2D eigenvalue weighted by atomic mass is 9.73. The molecule has 6 rings (SSSR count). The molecule has 0 saturated carbocycles. The van der Waals surface area contributed by atoms with Gasteiger partial charge in [0.1, 0.15) is 18.0 Å². The van der Waals surface area contributed by atoms with Crippen LogP contribution in [0.2, 0.25) is 0 Å². The number of ether oxygens (including phenoxy) is 2. The Morgan fingerprint density at radius 2 is 1.62 bits per heavy atom. The van der Waals surface area contributed by atoms with Gasteiger partial charge in [0.15, 0.2) is 0 Å². The van der Waals surface area contributed by atoms with Crippen LogP contribution >= 0.6 is 0 Å². The molecular weight excluding hydrogens is 509 g/mol. The Morgan fingerprint density at radius 1 is 0.950 bits per heavy atom. The summed E-state index contributed by atoms with van der Waals surface area (Å²) in [6.45, 7) is 8.19. The molecule has 2 amide bonds. The maximum atomic E-state index is 14.4. The topological polar surface area (TPSA) is 62.3 Å². The summed E-state index contributed by atoms with van der Waals surface area (Å²) in [5.41, 5.74) is 1.82. The predicted octanol–water partition coefficient (Wildman–Crippen LogP) is 6.25. The average Bonchev–Trinajstić information content (AvgIpc) is 3.37. The van der Waals surface area contributed by atoms with Crippen molar-refractivity contribution in [2.75, 3.05) is 24.5 Å². The number of hydrogen-bond donors (Lipinski definition) is 0. The van der Waals surface area contributed by atoms with Gasteiger partial charge < -0.3 is 19.3 Å². The van der Waals surface area contributed by atoms with Gasteiger partial charge in [-0.15, -0.1) is 0 Å². The summed E-state index contributed by atoms with van der Waals surface area (Å²) in [6.07, 6.45) is 5.11. The number of nitrogens with zero attached hydrogens (tertiary/aromatic N) is 3. The Morgan fingerprint density at radius 3 is 2.27 bits per heavy atom. The Bertz CT molecular complexity index is 1240. The van der Waals surface area contributed by atoms with Crippen molar-refractivity contribution in [3.8, 4) is 0 Å². The van der Waals surface area contributed by atoms with Gasteiger partial charge in [0.2, 0.25) is 0 Å². The number of rotatable bonds is 3. The first-order valence-corrected chi connectivity index (χ1v) is 14.7. The van der Waals surface area contributed by atoms with Gasteiger partial charge in [-0.2, -0.15) is 0 Å². The van der Waals surface area contributed by atoms with Crippen molar-refractivity contribution in [2.45, 2.75) is 95.0 Å². The highest BCUT2D eigenvalue weighted by Crippen LogP contribution is 2.49. The van der Waals surface area contributed by atoms with Crippen LogP contribution in [0.25, 0.3) is 0 Å². The van der Waals surface area contributed by atoms with Crippen LogP contribution in [0, 0.1) is 5.82 Å². The van der Waals surface area contributed by atoms with Crippen molar-refractivity contribution in [1.82, 2.24) is 9.80 Å². The molecule has 8 heteroatoms. The molecule has 40 heavy (non-hydrogen) atoms. The molecule has 2 bridgehead atoms. The summed E-state index contributed by atoms with van der Waals surface area (Å²) in [5, 5.41) is 0. The second kappa shape index (κ2) is 10.4. The maximum Gasteiger partial charge on any atom is 0.414 e. The molecular formula is C32H40FN3O4. The maximum absolute atomic E-state index is 14.4. The van der Waals surface area contributed by atoms with Crippen LogP contribution < -0.4 is 4.90 Å². The van der Waals surface area contributed by atoms with Gasteiger partial charge in [0.25, 0.3) is 0 Å². The normalized spacial score (nSPS) is 25.6. The van der Waals surface area contributed by atoms with Gasteiger partial charge in [-0.05, 0) is 102 Å². The SMILES string of the molecule is CC(C)(C)OC(=O)N1CC2(CCN(C3CC4CCC(C3)N4C(=O)OCc3ccccc3)CC2)c2cc(F)ccc21. The molecule has 0 aliphatic carbocycles. The zero-order valence-corrected chi connectivity index (χ0v) is 23.8. The number of carbonyl (C=O) groups excluding carboxylic acids is 2. The largest absolute Gasteiger partial charge is 0.445 e.